The van der Waals surface area contributed by atoms with E-state index in [-0.39, 0.29) is 11.9 Å². The number of benzene rings is 2. The highest BCUT2D eigenvalue weighted by molar-refractivity contribution is 5.94. The molecule has 0 aromatic heterocycles. The molecule has 2 aromatic rings. The SMILES string of the molecule is COc1ccc(C(=O)NCC(c2ccccc2OC)N(C)C)cc1OC. The topological polar surface area (TPSA) is 60.0 Å². The van der Waals surface area contributed by atoms with Gasteiger partial charge in [-0.05, 0) is 38.4 Å². The van der Waals surface area contributed by atoms with Crippen LogP contribution in [0.25, 0.3) is 0 Å². The van der Waals surface area contributed by atoms with E-state index >= 15 is 0 Å². The van der Waals surface area contributed by atoms with Crippen molar-refractivity contribution >= 4 is 5.91 Å². The average molecular weight is 358 g/mol. The molecule has 6 nitrogen and oxygen atoms in total. The Morgan fingerprint density at radius 2 is 1.62 bits per heavy atom. The Bertz CT molecular complexity index is 746. The van der Waals surface area contributed by atoms with Gasteiger partial charge in [0.1, 0.15) is 5.75 Å². The van der Waals surface area contributed by atoms with Crippen molar-refractivity contribution in [2.24, 2.45) is 0 Å². The molecule has 0 aliphatic rings. The third-order valence-corrected chi connectivity index (χ3v) is 4.22. The molecule has 6 heteroatoms. The number of carbonyl (C=O) groups is 1. The Morgan fingerprint density at radius 1 is 0.962 bits per heavy atom. The number of rotatable bonds is 8. The second-order valence-electron chi connectivity index (χ2n) is 6.00. The lowest BCUT2D eigenvalue weighted by Gasteiger charge is -2.26. The summed E-state index contributed by atoms with van der Waals surface area (Å²) in [5, 5.41) is 2.99. The number of amides is 1. The quantitative estimate of drug-likeness (QED) is 0.786. The molecule has 2 aromatic carbocycles. The van der Waals surface area contributed by atoms with Crippen molar-refractivity contribution in [2.75, 3.05) is 42.0 Å². The van der Waals surface area contributed by atoms with Gasteiger partial charge in [0.05, 0.1) is 27.4 Å². The van der Waals surface area contributed by atoms with Crippen molar-refractivity contribution in [1.82, 2.24) is 10.2 Å². The third kappa shape index (κ3) is 4.46. The Morgan fingerprint density at radius 3 is 2.23 bits per heavy atom. The summed E-state index contributed by atoms with van der Waals surface area (Å²) in [6, 6.07) is 12.9. The summed E-state index contributed by atoms with van der Waals surface area (Å²) in [6.45, 7) is 0.445. The van der Waals surface area contributed by atoms with Gasteiger partial charge >= 0.3 is 0 Å². The summed E-state index contributed by atoms with van der Waals surface area (Å²) in [6.07, 6.45) is 0. The zero-order chi connectivity index (χ0) is 19.1. The molecule has 1 unspecified atom stereocenters. The zero-order valence-corrected chi connectivity index (χ0v) is 15.9. The average Bonchev–Trinajstić information content (AvgIpc) is 2.67. The number of methoxy groups -OCH3 is 3. The fraction of sp³-hybridized carbons (Fsp3) is 0.350. The molecule has 26 heavy (non-hydrogen) atoms. The van der Waals surface area contributed by atoms with Crippen LogP contribution < -0.4 is 19.5 Å². The van der Waals surface area contributed by atoms with Crippen molar-refractivity contribution in [2.45, 2.75) is 6.04 Å². The molecule has 0 saturated carbocycles. The molecule has 1 amide bonds. The number of hydrogen-bond donors (Lipinski definition) is 1. The van der Waals surface area contributed by atoms with Crippen LogP contribution in [0.5, 0.6) is 17.2 Å². The van der Waals surface area contributed by atoms with E-state index in [1.165, 1.54) is 0 Å². The molecule has 1 atom stereocenters. The minimum absolute atomic E-state index is 0.0183. The van der Waals surface area contributed by atoms with Crippen molar-refractivity contribution in [3.63, 3.8) is 0 Å². The van der Waals surface area contributed by atoms with Gasteiger partial charge in [0.15, 0.2) is 11.5 Å². The first-order valence-electron chi connectivity index (χ1n) is 8.31. The predicted molar refractivity (Wildman–Crippen MR) is 101 cm³/mol. The van der Waals surface area contributed by atoms with Gasteiger partial charge in [0.25, 0.3) is 5.91 Å². The van der Waals surface area contributed by atoms with E-state index in [1.54, 1.807) is 39.5 Å². The Balaban J connectivity index is 2.15. The zero-order valence-electron chi connectivity index (χ0n) is 15.9. The molecule has 0 saturated heterocycles. The lowest BCUT2D eigenvalue weighted by atomic mass is 10.0. The van der Waals surface area contributed by atoms with E-state index in [4.69, 9.17) is 14.2 Å². The molecule has 0 bridgehead atoms. The van der Waals surface area contributed by atoms with Gasteiger partial charge in [0, 0.05) is 17.7 Å². The highest BCUT2D eigenvalue weighted by Gasteiger charge is 2.19. The van der Waals surface area contributed by atoms with E-state index in [0.717, 1.165) is 11.3 Å². The Labute approximate surface area is 154 Å². The lowest BCUT2D eigenvalue weighted by Crippen LogP contribution is -2.34. The first-order chi connectivity index (χ1) is 12.5. The summed E-state index contributed by atoms with van der Waals surface area (Å²) < 4.78 is 15.9. The number of hydrogen-bond acceptors (Lipinski definition) is 5. The van der Waals surface area contributed by atoms with Gasteiger partial charge in [-0.3, -0.25) is 4.79 Å². The number of nitrogens with one attached hydrogen (secondary N) is 1. The second kappa shape index (κ2) is 9.10. The van der Waals surface area contributed by atoms with Crippen LogP contribution in [0, 0.1) is 0 Å². The highest BCUT2D eigenvalue weighted by Crippen LogP contribution is 2.29. The van der Waals surface area contributed by atoms with Crippen LogP contribution >= 0.6 is 0 Å². The van der Waals surface area contributed by atoms with Gasteiger partial charge < -0.3 is 24.4 Å². The van der Waals surface area contributed by atoms with E-state index in [9.17, 15) is 4.79 Å². The molecule has 0 aliphatic heterocycles. The largest absolute Gasteiger partial charge is 0.496 e. The number of carbonyl (C=O) groups excluding carboxylic acids is 1. The van der Waals surface area contributed by atoms with Gasteiger partial charge in [-0.1, -0.05) is 18.2 Å². The molecule has 0 aliphatic carbocycles. The van der Waals surface area contributed by atoms with E-state index in [2.05, 4.69) is 5.32 Å². The lowest BCUT2D eigenvalue weighted by molar-refractivity contribution is 0.0941. The standard InChI is InChI=1S/C20H26N2O4/c1-22(2)16(15-8-6-7-9-17(15)24-3)13-21-20(23)14-10-11-18(25-4)19(12-14)26-5/h6-12,16H,13H2,1-5H3,(H,21,23). The summed E-state index contributed by atoms with van der Waals surface area (Å²) in [4.78, 5) is 14.6. The second-order valence-corrected chi connectivity index (χ2v) is 6.00. The van der Waals surface area contributed by atoms with Crippen molar-refractivity contribution in [3.05, 3.63) is 53.6 Å². The molecule has 0 fully saturated rings. The first kappa shape index (κ1) is 19.6. The molecule has 0 spiro atoms. The minimum atomic E-state index is -0.173. The molecule has 140 valence electrons. The van der Waals surface area contributed by atoms with Crippen LogP contribution in [-0.2, 0) is 0 Å². The Hall–Kier alpha value is -2.73. The van der Waals surface area contributed by atoms with E-state index < -0.39 is 0 Å². The molecular formula is C20H26N2O4. The summed E-state index contributed by atoms with van der Waals surface area (Å²) in [5.74, 6) is 1.73. The van der Waals surface area contributed by atoms with Crippen LogP contribution in [-0.4, -0.2) is 52.8 Å². The highest BCUT2D eigenvalue weighted by atomic mass is 16.5. The van der Waals surface area contributed by atoms with Gasteiger partial charge in [-0.25, -0.2) is 0 Å². The van der Waals surface area contributed by atoms with Crippen molar-refractivity contribution in [1.29, 1.82) is 0 Å². The molecule has 0 radical (unpaired) electrons. The van der Waals surface area contributed by atoms with Gasteiger partial charge in [-0.15, -0.1) is 0 Å². The Kier molecular flexibility index (Phi) is 6.86. The third-order valence-electron chi connectivity index (χ3n) is 4.22. The predicted octanol–water partition coefficient (Wildman–Crippen LogP) is 2.75. The number of ether oxygens (including phenoxy) is 3. The maximum atomic E-state index is 12.6. The van der Waals surface area contributed by atoms with E-state index in [0.29, 0.717) is 23.6 Å². The summed E-state index contributed by atoms with van der Waals surface area (Å²) in [7, 11) is 8.70. The summed E-state index contributed by atoms with van der Waals surface area (Å²) in [5.41, 5.74) is 1.53. The fourth-order valence-corrected chi connectivity index (χ4v) is 2.78. The van der Waals surface area contributed by atoms with Crippen molar-refractivity contribution in [3.8, 4) is 17.2 Å². The van der Waals surface area contributed by atoms with Crippen molar-refractivity contribution < 1.29 is 19.0 Å². The maximum absolute atomic E-state index is 12.6. The van der Waals surface area contributed by atoms with Crippen LogP contribution in [0.15, 0.2) is 42.5 Å². The molecular weight excluding hydrogens is 332 g/mol. The number of likely N-dealkylation sites (N-methyl/N-ethyl adjacent to an activating group) is 1. The molecule has 2 rings (SSSR count). The van der Waals surface area contributed by atoms with Gasteiger partial charge in [-0.2, -0.15) is 0 Å². The maximum Gasteiger partial charge on any atom is 0.251 e. The van der Waals surface area contributed by atoms with E-state index in [1.807, 2.05) is 43.3 Å². The number of para-hydroxylation sites is 1. The van der Waals surface area contributed by atoms with Crippen LogP contribution in [0.2, 0.25) is 0 Å². The monoisotopic (exact) mass is 358 g/mol. The smallest absolute Gasteiger partial charge is 0.251 e. The van der Waals surface area contributed by atoms with Crippen LogP contribution in [0.3, 0.4) is 0 Å². The van der Waals surface area contributed by atoms with Gasteiger partial charge in [0.2, 0.25) is 0 Å². The number of nitrogens with zero attached hydrogens (tertiary/aromatic N) is 1. The summed E-state index contributed by atoms with van der Waals surface area (Å²) >= 11 is 0. The minimum Gasteiger partial charge on any atom is -0.496 e. The fourth-order valence-electron chi connectivity index (χ4n) is 2.78. The molecule has 1 N–H and O–H groups in total. The van der Waals surface area contributed by atoms with Crippen LogP contribution in [0.4, 0.5) is 0 Å². The van der Waals surface area contributed by atoms with Crippen LogP contribution in [0.1, 0.15) is 22.0 Å². The molecule has 0 heterocycles. The normalized spacial score (nSPS) is 11.8. The first-order valence-corrected chi connectivity index (χ1v) is 8.31.